The highest BCUT2D eigenvalue weighted by molar-refractivity contribution is 7.91. The maximum absolute atomic E-state index is 14.4. The van der Waals surface area contributed by atoms with Gasteiger partial charge in [-0.05, 0) is 78.6 Å². The molecule has 0 aromatic heterocycles. The molecule has 1 aliphatic carbocycles. The van der Waals surface area contributed by atoms with Crippen molar-refractivity contribution in [3.8, 4) is 16.9 Å². The monoisotopic (exact) mass is 448 g/mol. The first-order valence-corrected chi connectivity index (χ1v) is 12.1. The lowest BCUT2D eigenvalue weighted by molar-refractivity contribution is -0.0128. The van der Waals surface area contributed by atoms with E-state index in [0.29, 0.717) is 12.2 Å². The predicted octanol–water partition coefficient (Wildman–Crippen LogP) is 3.09. The van der Waals surface area contributed by atoms with E-state index in [2.05, 4.69) is 0 Å². The molecule has 1 N–H and O–H groups in total. The van der Waals surface area contributed by atoms with Gasteiger partial charge in [0.1, 0.15) is 23.8 Å². The Hall–Kier alpha value is -2.45. The zero-order valence-electron chi connectivity index (χ0n) is 17.3. The molecule has 0 atom stereocenters. The molecule has 1 heterocycles. The van der Waals surface area contributed by atoms with E-state index in [4.69, 9.17) is 9.47 Å². The average molecular weight is 449 g/mol. The number of benzene rings is 2. The Bertz CT molecular complexity index is 1110. The second-order valence-electron chi connectivity index (χ2n) is 8.32. The quantitative estimate of drug-likeness (QED) is 0.723. The minimum Gasteiger partial charge on any atom is -0.491 e. The Morgan fingerprint density at radius 1 is 1.10 bits per heavy atom. The first kappa shape index (κ1) is 21.8. The summed E-state index contributed by atoms with van der Waals surface area (Å²) in [5.41, 5.74) is 2.32. The largest absolute Gasteiger partial charge is 0.491 e. The minimum atomic E-state index is -3.07. The highest BCUT2D eigenvalue weighted by Crippen LogP contribution is 2.36. The van der Waals surface area contributed by atoms with Crippen molar-refractivity contribution in [1.29, 1.82) is 0 Å². The highest BCUT2D eigenvalue weighted by Gasteiger charge is 2.36. The molecule has 1 aliphatic heterocycles. The number of methoxy groups -OCH3 is 1. The lowest BCUT2D eigenvalue weighted by Gasteiger charge is -2.31. The molecule has 0 radical (unpaired) electrons. The van der Waals surface area contributed by atoms with Crippen LogP contribution in [0.5, 0.6) is 5.75 Å². The summed E-state index contributed by atoms with van der Waals surface area (Å²) in [7, 11) is -1.85. The first-order chi connectivity index (χ1) is 14.7. The zero-order valence-corrected chi connectivity index (χ0v) is 18.1. The van der Waals surface area contributed by atoms with Gasteiger partial charge in [-0.2, -0.15) is 0 Å². The van der Waals surface area contributed by atoms with Gasteiger partial charge in [0.15, 0.2) is 9.84 Å². The van der Waals surface area contributed by atoms with Crippen molar-refractivity contribution in [2.24, 2.45) is 0 Å². The first-order valence-electron chi connectivity index (χ1n) is 10.3. The standard InChI is InChI=1S/C23H25FO6S/c1-29-22(25)20-13-19-16(12-21(20)24)4-2-3-15-11-17(5-6-18(15)19)30-14-23(26)7-9-31(27,28)10-8-23/h5-6,11-13,26H,2-4,7-10,14H2,1H3. The van der Waals surface area contributed by atoms with E-state index < -0.39 is 27.2 Å². The maximum Gasteiger partial charge on any atom is 0.340 e. The third-order valence-electron chi connectivity index (χ3n) is 6.12. The lowest BCUT2D eigenvalue weighted by atomic mass is 9.94. The average Bonchev–Trinajstić information content (AvgIpc) is 2.92. The molecular formula is C23H25FO6S. The van der Waals surface area contributed by atoms with Gasteiger partial charge < -0.3 is 14.6 Å². The number of aryl methyl sites for hydroxylation is 2. The van der Waals surface area contributed by atoms with Gasteiger partial charge in [0, 0.05) is 0 Å². The Labute approximate surface area is 180 Å². The van der Waals surface area contributed by atoms with Gasteiger partial charge >= 0.3 is 5.97 Å². The zero-order chi connectivity index (χ0) is 22.2. The van der Waals surface area contributed by atoms with Crippen LogP contribution in [0.2, 0.25) is 0 Å². The molecule has 0 saturated carbocycles. The molecule has 4 rings (SSSR count). The third-order valence-corrected chi connectivity index (χ3v) is 7.77. The van der Waals surface area contributed by atoms with Crippen molar-refractivity contribution in [3.63, 3.8) is 0 Å². The highest BCUT2D eigenvalue weighted by atomic mass is 32.2. The van der Waals surface area contributed by atoms with E-state index in [9.17, 15) is 22.7 Å². The van der Waals surface area contributed by atoms with Gasteiger partial charge in [0.2, 0.25) is 0 Å². The Morgan fingerprint density at radius 2 is 1.77 bits per heavy atom. The van der Waals surface area contributed by atoms with Crippen molar-refractivity contribution in [1.82, 2.24) is 0 Å². The number of esters is 1. The number of rotatable bonds is 4. The Morgan fingerprint density at radius 3 is 2.45 bits per heavy atom. The van der Waals surface area contributed by atoms with E-state index in [1.807, 2.05) is 12.1 Å². The van der Waals surface area contributed by atoms with Gasteiger partial charge in [-0.25, -0.2) is 17.6 Å². The topological polar surface area (TPSA) is 89.9 Å². The van der Waals surface area contributed by atoms with Crippen LogP contribution in [0.4, 0.5) is 4.39 Å². The summed E-state index contributed by atoms with van der Waals surface area (Å²) in [5.74, 6) is -0.787. The second kappa shape index (κ2) is 8.24. The number of aliphatic hydroxyl groups is 1. The number of halogens is 1. The molecule has 8 heteroatoms. The number of ether oxygens (including phenoxy) is 2. The normalized spacial score (nSPS) is 18.9. The van der Waals surface area contributed by atoms with Crippen molar-refractivity contribution in [2.45, 2.75) is 37.7 Å². The van der Waals surface area contributed by atoms with E-state index in [1.54, 1.807) is 12.1 Å². The number of hydrogen-bond acceptors (Lipinski definition) is 6. The summed E-state index contributed by atoms with van der Waals surface area (Å²) in [4.78, 5) is 11.9. The number of carbonyl (C=O) groups excluding carboxylic acids is 1. The molecule has 2 aromatic rings. The summed E-state index contributed by atoms with van der Waals surface area (Å²) in [5, 5.41) is 10.6. The molecular weight excluding hydrogens is 423 g/mol. The van der Waals surface area contributed by atoms with Crippen LogP contribution in [0.15, 0.2) is 30.3 Å². The molecule has 2 aromatic carbocycles. The van der Waals surface area contributed by atoms with Gasteiger partial charge in [0.05, 0.1) is 24.2 Å². The van der Waals surface area contributed by atoms with Crippen LogP contribution in [0.25, 0.3) is 11.1 Å². The molecule has 6 nitrogen and oxygen atoms in total. The van der Waals surface area contributed by atoms with Gasteiger partial charge in [-0.15, -0.1) is 0 Å². The molecule has 166 valence electrons. The van der Waals surface area contributed by atoms with Gasteiger partial charge in [-0.3, -0.25) is 0 Å². The van der Waals surface area contributed by atoms with Crippen molar-refractivity contribution < 1.29 is 32.2 Å². The smallest absolute Gasteiger partial charge is 0.340 e. The van der Waals surface area contributed by atoms with E-state index in [-0.39, 0.29) is 36.5 Å². The fourth-order valence-corrected chi connectivity index (χ4v) is 5.80. The number of sulfone groups is 1. The minimum absolute atomic E-state index is 0.0234. The fraction of sp³-hybridized carbons (Fsp3) is 0.435. The van der Waals surface area contributed by atoms with Gasteiger partial charge in [0.25, 0.3) is 0 Å². The maximum atomic E-state index is 14.4. The summed E-state index contributed by atoms with van der Waals surface area (Å²) in [6, 6.07) is 8.51. The Balaban J connectivity index is 1.58. The van der Waals surface area contributed by atoms with Crippen LogP contribution in [0.3, 0.4) is 0 Å². The molecule has 31 heavy (non-hydrogen) atoms. The lowest BCUT2D eigenvalue weighted by Crippen LogP contribution is -2.43. The van der Waals surface area contributed by atoms with E-state index in [1.165, 1.54) is 13.2 Å². The third kappa shape index (κ3) is 4.60. The predicted molar refractivity (Wildman–Crippen MR) is 114 cm³/mol. The molecule has 0 spiro atoms. The molecule has 2 aliphatic rings. The van der Waals surface area contributed by atoms with Crippen LogP contribution < -0.4 is 4.74 Å². The number of carbonyl (C=O) groups is 1. The molecule has 0 unspecified atom stereocenters. The second-order valence-corrected chi connectivity index (χ2v) is 10.6. The van der Waals surface area contributed by atoms with E-state index >= 15 is 0 Å². The molecule has 1 saturated heterocycles. The molecule has 0 amide bonds. The Kier molecular flexibility index (Phi) is 5.79. The summed E-state index contributed by atoms with van der Waals surface area (Å²) >= 11 is 0. The number of fused-ring (bicyclic) bond motifs is 3. The summed E-state index contributed by atoms with van der Waals surface area (Å²) in [6.45, 7) is 0.0234. The van der Waals surface area contributed by atoms with Crippen molar-refractivity contribution in [3.05, 3.63) is 52.8 Å². The van der Waals surface area contributed by atoms with Crippen molar-refractivity contribution in [2.75, 3.05) is 25.2 Å². The van der Waals surface area contributed by atoms with Crippen LogP contribution in [0.1, 0.15) is 40.7 Å². The molecule has 1 fully saturated rings. The van der Waals surface area contributed by atoms with Gasteiger partial charge in [-0.1, -0.05) is 6.07 Å². The molecule has 0 bridgehead atoms. The van der Waals surface area contributed by atoms with Crippen LogP contribution >= 0.6 is 0 Å². The van der Waals surface area contributed by atoms with Crippen molar-refractivity contribution >= 4 is 15.8 Å². The fourth-order valence-electron chi connectivity index (χ4n) is 4.22. The van der Waals surface area contributed by atoms with E-state index in [0.717, 1.165) is 35.1 Å². The summed E-state index contributed by atoms with van der Waals surface area (Å²) in [6.07, 6.45) is 2.60. The van der Waals surface area contributed by atoms with Crippen LogP contribution in [-0.2, 0) is 27.4 Å². The summed E-state index contributed by atoms with van der Waals surface area (Å²) < 4.78 is 48.1. The number of hydrogen-bond donors (Lipinski definition) is 1. The van der Waals surface area contributed by atoms with Crippen LogP contribution in [0, 0.1) is 5.82 Å². The van der Waals surface area contributed by atoms with Crippen LogP contribution in [-0.4, -0.2) is 50.3 Å². The SMILES string of the molecule is COC(=O)c1cc2c(cc1F)CCCc1cc(OCC3(O)CCS(=O)(=O)CC3)ccc1-2.